The molecule has 4 heteroatoms. The highest BCUT2D eigenvalue weighted by molar-refractivity contribution is 5.98. The molecule has 3 N–H and O–H groups in total. The van der Waals surface area contributed by atoms with Crippen molar-refractivity contribution < 1.29 is 9.59 Å². The normalized spacial score (nSPS) is 9.43. The lowest BCUT2D eigenvalue weighted by Gasteiger charge is -2.07. The summed E-state index contributed by atoms with van der Waals surface area (Å²) in [5.41, 5.74) is 6.28. The molecule has 1 rings (SSSR count). The molecule has 0 bridgehead atoms. The van der Waals surface area contributed by atoms with Gasteiger partial charge in [-0.2, -0.15) is 0 Å². The van der Waals surface area contributed by atoms with Crippen molar-refractivity contribution in [2.24, 2.45) is 5.73 Å². The fourth-order valence-corrected chi connectivity index (χ4v) is 1.12. The maximum atomic E-state index is 11.0. The third-order valence-corrected chi connectivity index (χ3v) is 1.77. The lowest BCUT2D eigenvalue weighted by Crippen LogP contribution is -2.14. The second kappa shape index (κ2) is 5.01. The molecule has 0 aliphatic heterocycles. The second-order valence-electron chi connectivity index (χ2n) is 2.79. The fourth-order valence-electron chi connectivity index (χ4n) is 1.12. The van der Waals surface area contributed by atoms with Gasteiger partial charge in [0.2, 0.25) is 0 Å². The Bertz CT molecular complexity index is 337. The summed E-state index contributed by atoms with van der Waals surface area (Å²) in [6, 6.07) is 6.94. The summed E-state index contributed by atoms with van der Waals surface area (Å²) in [5, 5.41) is 2.96. The molecule has 0 saturated heterocycles. The van der Waals surface area contributed by atoms with Gasteiger partial charge in [0.05, 0.1) is 5.56 Å². The van der Waals surface area contributed by atoms with Crippen LogP contribution in [0, 0.1) is 0 Å². The second-order valence-corrected chi connectivity index (χ2v) is 2.79. The number of hydrogen-bond donors (Lipinski definition) is 2. The summed E-state index contributed by atoms with van der Waals surface area (Å²) >= 11 is 0. The Kier molecular flexibility index (Phi) is 3.67. The zero-order valence-electron chi connectivity index (χ0n) is 7.69. The van der Waals surface area contributed by atoms with Crippen molar-refractivity contribution in [3.63, 3.8) is 0 Å². The lowest BCUT2D eigenvalue weighted by atomic mass is 10.1. The summed E-state index contributed by atoms with van der Waals surface area (Å²) in [5.74, 6) is -0.473. The number of aldehydes is 1. The van der Waals surface area contributed by atoms with E-state index in [1.807, 2.05) is 0 Å². The van der Waals surface area contributed by atoms with Crippen LogP contribution in [0.25, 0.3) is 0 Å². The minimum Gasteiger partial charge on any atom is -0.384 e. The first-order chi connectivity index (χ1) is 6.75. The van der Waals surface area contributed by atoms with Crippen molar-refractivity contribution in [3.8, 4) is 0 Å². The van der Waals surface area contributed by atoms with Crippen molar-refractivity contribution >= 4 is 17.9 Å². The number of benzene rings is 1. The number of hydrogen-bond acceptors (Lipinski definition) is 3. The molecule has 0 radical (unpaired) electrons. The summed E-state index contributed by atoms with van der Waals surface area (Å²) < 4.78 is 0. The molecule has 0 aliphatic carbocycles. The Morgan fingerprint density at radius 3 is 2.79 bits per heavy atom. The number of rotatable bonds is 5. The first-order valence-electron chi connectivity index (χ1n) is 4.32. The number of para-hydroxylation sites is 1. The maximum Gasteiger partial charge on any atom is 0.250 e. The third-order valence-electron chi connectivity index (χ3n) is 1.77. The Hall–Kier alpha value is -1.84. The summed E-state index contributed by atoms with van der Waals surface area (Å²) in [7, 11) is 0. The number of nitrogens with two attached hydrogens (primary N) is 1. The van der Waals surface area contributed by atoms with E-state index >= 15 is 0 Å². The third kappa shape index (κ3) is 2.58. The first kappa shape index (κ1) is 10.2. The van der Waals surface area contributed by atoms with Crippen LogP contribution in [0.4, 0.5) is 5.69 Å². The summed E-state index contributed by atoms with van der Waals surface area (Å²) in [6.45, 7) is 0.508. The van der Waals surface area contributed by atoms with Gasteiger partial charge in [-0.1, -0.05) is 12.1 Å². The molecule has 0 unspecified atom stereocenters. The van der Waals surface area contributed by atoms with Crippen molar-refractivity contribution in [3.05, 3.63) is 29.8 Å². The molecule has 0 saturated carbocycles. The first-order valence-corrected chi connectivity index (χ1v) is 4.32. The monoisotopic (exact) mass is 192 g/mol. The van der Waals surface area contributed by atoms with E-state index in [0.29, 0.717) is 24.2 Å². The number of primary amides is 1. The minimum atomic E-state index is -0.473. The van der Waals surface area contributed by atoms with E-state index < -0.39 is 5.91 Å². The maximum absolute atomic E-state index is 11.0. The molecule has 0 spiro atoms. The predicted molar refractivity (Wildman–Crippen MR) is 54.1 cm³/mol. The van der Waals surface area contributed by atoms with Crippen LogP contribution in [0.1, 0.15) is 16.8 Å². The average molecular weight is 192 g/mol. The zero-order valence-corrected chi connectivity index (χ0v) is 7.69. The summed E-state index contributed by atoms with van der Waals surface area (Å²) in [6.07, 6.45) is 1.23. The molecule has 0 aromatic heterocycles. The largest absolute Gasteiger partial charge is 0.384 e. The van der Waals surface area contributed by atoms with E-state index in [2.05, 4.69) is 5.32 Å². The van der Waals surface area contributed by atoms with Gasteiger partial charge in [0.15, 0.2) is 0 Å². The number of amides is 1. The Balaban J connectivity index is 2.74. The molecule has 14 heavy (non-hydrogen) atoms. The molecular weight excluding hydrogens is 180 g/mol. The van der Waals surface area contributed by atoms with Gasteiger partial charge in [-0.05, 0) is 12.1 Å². The molecular formula is C10H12N2O2. The van der Waals surface area contributed by atoms with Crippen LogP contribution in [0.2, 0.25) is 0 Å². The van der Waals surface area contributed by atoms with Crippen LogP contribution in [0.15, 0.2) is 24.3 Å². The highest BCUT2D eigenvalue weighted by Crippen LogP contribution is 2.13. The quantitative estimate of drug-likeness (QED) is 0.535. The molecule has 0 atom stereocenters. The number of anilines is 1. The van der Waals surface area contributed by atoms with E-state index in [1.165, 1.54) is 0 Å². The van der Waals surface area contributed by atoms with Gasteiger partial charge < -0.3 is 15.8 Å². The van der Waals surface area contributed by atoms with Gasteiger partial charge in [0.1, 0.15) is 6.29 Å². The molecule has 1 aromatic rings. The SMILES string of the molecule is NC(=O)c1ccccc1NCCC=O. The van der Waals surface area contributed by atoms with Crippen LogP contribution in [-0.2, 0) is 4.79 Å². The molecule has 74 valence electrons. The van der Waals surface area contributed by atoms with Gasteiger partial charge >= 0.3 is 0 Å². The molecule has 1 aromatic carbocycles. The molecule has 4 nitrogen and oxygen atoms in total. The Morgan fingerprint density at radius 1 is 1.43 bits per heavy atom. The molecule has 0 aliphatic rings. The molecule has 0 fully saturated rings. The van der Waals surface area contributed by atoms with E-state index in [0.717, 1.165) is 6.29 Å². The van der Waals surface area contributed by atoms with E-state index in [1.54, 1.807) is 24.3 Å². The summed E-state index contributed by atoms with van der Waals surface area (Å²) in [4.78, 5) is 21.0. The average Bonchev–Trinajstić information content (AvgIpc) is 2.19. The van der Waals surface area contributed by atoms with Gasteiger partial charge in [0.25, 0.3) is 5.91 Å². The Labute approximate surface area is 82.1 Å². The van der Waals surface area contributed by atoms with E-state index in [9.17, 15) is 9.59 Å². The minimum absolute atomic E-state index is 0.410. The lowest BCUT2D eigenvalue weighted by molar-refractivity contribution is -0.107. The van der Waals surface area contributed by atoms with Crippen molar-refractivity contribution in [1.29, 1.82) is 0 Å². The highest BCUT2D eigenvalue weighted by atomic mass is 16.1. The molecule has 0 heterocycles. The van der Waals surface area contributed by atoms with Crippen molar-refractivity contribution in [2.75, 3.05) is 11.9 Å². The number of nitrogens with one attached hydrogen (secondary N) is 1. The topological polar surface area (TPSA) is 72.2 Å². The predicted octanol–water partition coefficient (Wildman–Crippen LogP) is 0.786. The number of carbonyl (C=O) groups is 2. The fraction of sp³-hybridized carbons (Fsp3) is 0.200. The van der Waals surface area contributed by atoms with Crippen LogP contribution in [0.5, 0.6) is 0 Å². The van der Waals surface area contributed by atoms with Gasteiger partial charge in [0, 0.05) is 18.7 Å². The van der Waals surface area contributed by atoms with Crippen molar-refractivity contribution in [2.45, 2.75) is 6.42 Å². The van der Waals surface area contributed by atoms with E-state index in [-0.39, 0.29) is 0 Å². The van der Waals surface area contributed by atoms with Crippen molar-refractivity contribution in [1.82, 2.24) is 0 Å². The van der Waals surface area contributed by atoms with Crippen LogP contribution >= 0.6 is 0 Å². The Morgan fingerprint density at radius 2 is 2.14 bits per heavy atom. The van der Waals surface area contributed by atoms with Gasteiger partial charge in [-0.3, -0.25) is 4.79 Å². The highest BCUT2D eigenvalue weighted by Gasteiger charge is 2.05. The zero-order chi connectivity index (χ0) is 10.4. The van der Waals surface area contributed by atoms with E-state index in [4.69, 9.17) is 5.73 Å². The molecule has 1 amide bonds. The standard InChI is InChI=1S/C10H12N2O2/c11-10(14)8-4-1-2-5-9(8)12-6-3-7-13/h1-2,4-5,7,12H,3,6H2,(H2,11,14). The van der Waals surface area contributed by atoms with Crippen LogP contribution < -0.4 is 11.1 Å². The van der Waals surface area contributed by atoms with Gasteiger partial charge in [-0.15, -0.1) is 0 Å². The van der Waals surface area contributed by atoms with Crippen LogP contribution in [-0.4, -0.2) is 18.7 Å². The number of carbonyl (C=O) groups excluding carboxylic acids is 2. The van der Waals surface area contributed by atoms with Crippen LogP contribution in [0.3, 0.4) is 0 Å². The smallest absolute Gasteiger partial charge is 0.250 e. The van der Waals surface area contributed by atoms with Gasteiger partial charge in [-0.25, -0.2) is 0 Å².